The molecule has 0 aliphatic heterocycles. The fourth-order valence-electron chi connectivity index (χ4n) is 1.87. The van der Waals surface area contributed by atoms with E-state index in [-0.39, 0.29) is 11.7 Å². The lowest BCUT2D eigenvalue weighted by atomic mass is 10.2. The molecule has 0 fully saturated rings. The largest absolute Gasteiger partial charge is 0.508 e. The fourth-order valence-corrected chi connectivity index (χ4v) is 1.87. The maximum atomic E-state index is 11.8. The first-order valence-corrected chi connectivity index (χ1v) is 6.92. The van der Waals surface area contributed by atoms with E-state index in [1.54, 1.807) is 18.3 Å². The van der Waals surface area contributed by atoms with E-state index in [1.165, 1.54) is 12.1 Å². The molecule has 0 atom stereocenters. The van der Waals surface area contributed by atoms with Gasteiger partial charge in [0.25, 0.3) is 5.91 Å². The monoisotopic (exact) mass is 285 g/mol. The number of nitrogens with one attached hydrogen (secondary N) is 2. The summed E-state index contributed by atoms with van der Waals surface area (Å²) in [6, 6.07) is 10.1. The lowest BCUT2D eigenvalue weighted by Crippen LogP contribution is -2.27. The first-order valence-electron chi connectivity index (χ1n) is 6.92. The number of phenolic OH excluding ortho intramolecular Hbond substituents is 1. The summed E-state index contributed by atoms with van der Waals surface area (Å²) in [6.07, 6.45) is 4.44. The number of aromatic nitrogens is 1. The van der Waals surface area contributed by atoms with Crippen LogP contribution in [0.15, 0.2) is 48.8 Å². The minimum Gasteiger partial charge on any atom is -0.508 e. The molecule has 21 heavy (non-hydrogen) atoms. The van der Waals surface area contributed by atoms with Crippen LogP contribution in [-0.2, 0) is 6.54 Å². The molecule has 0 unspecified atom stereocenters. The molecular weight excluding hydrogens is 266 g/mol. The predicted molar refractivity (Wildman–Crippen MR) is 81.0 cm³/mol. The first-order chi connectivity index (χ1) is 10.3. The summed E-state index contributed by atoms with van der Waals surface area (Å²) in [5.41, 5.74) is 1.70. The van der Waals surface area contributed by atoms with Gasteiger partial charge in [-0.1, -0.05) is 6.07 Å². The average Bonchev–Trinajstić information content (AvgIpc) is 2.52. The van der Waals surface area contributed by atoms with Gasteiger partial charge in [0, 0.05) is 31.0 Å². The molecule has 3 N–H and O–H groups in total. The van der Waals surface area contributed by atoms with Crippen molar-refractivity contribution in [2.45, 2.75) is 13.0 Å². The van der Waals surface area contributed by atoms with Crippen LogP contribution in [0.1, 0.15) is 22.3 Å². The highest BCUT2D eigenvalue weighted by Crippen LogP contribution is 2.09. The molecule has 0 aliphatic rings. The van der Waals surface area contributed by atoms with Gasteiger partial charge >= 0.3 is 0 Å². The summed E-state index contributed by atoms with van der Waals surface area (Å²) in [4.78, 5) is 15.8. The standard InChI is InChI=1S/C16H19N3O2/c20-15-6-4-14(5-7-15)16(21)19-10-2-9-18-12-13-3-1-8-17-11-13/h1,3-8,11,18,20H,2,9-10,12H2,(H,19,21). The van der Waals surface area contributed by atoms with Gasteiger partial charge in [0.2, 0.25) is 0 Å². The zero-order chi connectivity index (χ0) is 14.9. The minimum absolute atomic E-state index is 0.123. The van der Waals surface area contributed by atoms with E-state index in [0.717, 1.165) is 25.1 Å². The number of hydrogen-bond acceptors (Lipinski definition) is 4. The number of benzene rings is 1. The van der Waals surface area contributed by atoms with Crippen molar-refractivity contribution in [1.29, 1.82) is 0 Å². The SMILES string of the molecule is O=C(NCCCNCc1cccnc1)c1ccc(O)cc1. The number of pyridine rings is 1. The van der Waals surface area contributed by atoms with E-state index in [1.807, 2.05) is 18.3 Å². The Morgan fingerprint density at radius 2 is 1.95 bits per heavy atom. The molecule has 2 aromatic rings. The third-order valence-electron chi connectivity index (χ3n) is 3.00. The van der Waals surface area contributed by atoms with E-state index in [2.05, 4.69) is 15.6 Å². The van der Waals surface area contributed by atoms with Crippen LogP contribution < -0.4 is 10.6 Å². The fraction of sp³-hybridized carbons (Fsp3) is 0.250. The van der Waals surface area contributed by atoms with Crippen LogP contribution in [-0.4, -0.2) is 29.1 Å². The molecule has 0 radical (unpaired) electrons. The van der Waals surface area contributed by atoms with E-state index in [0.29, 0.717) is 12.1 Å². The highest BCUT2D eigenvalue weighted by Gasteiger charge is 2.03. The summed E-state index contributed by atoms with van der Waals surface area (Å²) in [7, 11) is 0. The lowest BCUT2D eigenvalue weighted by Gasteiger charge is -2.07. The number of carbonyl (C=O) groups excluding carboxylic acids is 1. The topological polar surface area (TPSA) is 74.2 Å². The van der Waals surface area contributed by atoms with Gasteiger partial charge in [-0.25, -0.2) is 0 Å². The van der Waals surface area contributed by atoms with Crippen LogP contribution in [0.3, 0.4) is 0 Å². The molecule has 1 amide bonds. The van der Waals surface area contributed by atoms with Gasteiger partial charge in [0.15, 0.2) is 0 Å². The van der Waals surface area contributed by atoms with Crippen LogP contribution in [0, 0.1) is 0 Å². The Balaban J connectivity index is 1.59. The Kier molecular flexibility index (Phi) is 5.72. The second-order valence-corrected chi connectivity index (χ2v) is 4.69. The summed E-state index contributed by atoms with van der Waals surface area (Å²) >= 11 is 0. The van der Waals surface area contributed by atoms with Gasteiger partial charge < -0.3 is 15.7 Å². The van der Waals surface area contributed by atoms with Crippen LogP contribution in [0.4, 0.5) is 0 Å². The third kappa shape index (κ3) is 5.24. The number of amides is 1. The molecule has 1 aromatic carbocycles. The summed E-state index contributed by atoms with van der Waals surface area (Å²) < 4.78 is 0. The summed E-state index contributed by atoms with van der Waals surface area (Å²) in [5, 5.41) is 15.3. The molecule has 0 saturated carbocycles. The molecule has 110 valence electrons. The maximum absolute atomic E-state index is 11.8. The normalized spacial score (nSPS) is 10.3. The van der Waals surface area contributed by atoms with Crippen molar-refractivity contribution in [2.24, 2.45) is 0 Å². The van der Waals surface area contributed by atoms with E-state index in [4.69, 9.17) is 5.11 Å². The van der Waals surface area contributed by atoms with Crippen molar-refractivity contribution in [1.82, 2.24) is 15.6 Å². The van der Waals surface area contributed by atoms with Gasteiger partial charge in [0.1, 0.15) is 5.75 Å². The van der Waals surface area contributed by atoms with Crippen molar-refractivity contribution in [3.05, 3.63) is 59.9 Å². The Bertz CT molecular complexity index is 555. The van der Waals surface area contributed by atoms with Crippen molar-refractivity contribution < 1.29 is 9.90 Å². The Hall–Kier alpha value is -2.40. The second kappa shape index (κ2) is 8.01. The van der Waals surface area contributed by atoms with Gasteiger partial charge in [-0.3, -0.25) is 9.78 Å². The zero-order valence-corrected chi connectivity index (χ0v) is 11.7. The average molecular weight is 285 g/mol. The molecule has 5 nitrogen and oxygen atoms in total. The van der Waals surface area contributed by atoms with E-state index >= 15 is 0 Å². The predicted octanol–water partition coefficient (Wildman–Crippen LogP) is 1.70. The van der Waals surface area contributed by atoms with Gasteiger partial charge in [-0.2, -0.15) is 0 Å². The quantitative estimate of drug-likeness (QED) is 0.677. The van der Waals surface area contributed by atoms with Crippen molar-refractivity contribution >= 4 is 5.91 Å². The van der Waals surface area contributed by atoms with E-state index < -0.39 is 0 Å². The molecule has 5 heteroatoms. The van der Waals surface area contributed by atoms with Crippen LogP contribution in [0.2, 0.25) is 0 Å². The number of carbonyl (C=O) groups is 1. The number of rotatable bonds is 7. The Labute approximate surface area is 124 Å². The molecular formula is C16H19N3O2. The van der Waals surface area contributed by atoms with Crippen molar-refractivity contribution in [3.8, 4) is 5.75 Å². The number of aromatic hydroxyl groups is 1. The van der Waals surface area contributed by atoms with E-state index in [9.17, 15) is 4.79 Å². The third-order valence-corrected chi connectivity index (χ3v) is 3.00. The van der Waals surface area contributed by atoms with Crippen molar-refractivity contribution in [3.63, 3.8) is 0 Å². The number of hydrogen-bond donors (Lipinski definition) is 3. The summed E-state index contributed by atoms with van der Waals surface area (Å²) in [5.74, 6) is 0.0356. The highest BCUT2D eigenvalue weighted by atomic mass is 16.3. The molecule has 1 aromatic heterocycles. The van der Waals surface area contributed by atoms with Gasteiger partial charge in [0.05, 0.1) is 0 Å². The van der Waals surface area contributed by atoms with Crippen molar-refractivity contribution in [2.75, 3.05) is 13.1 Å². The molecule has 2 rings (SSSR count). The van der Waals surface area contributed by atoms with Crippen LogP contribution in [0.25, 0.3) is 0 Å². The Morgan fingerprint density at radius 1 is 1.14 bits per heavy atom. The van der Waals surface area contributed by atoms with Gasteiger partial charge in [-0.15, -0.1) is 0 Å². The molecule has 0 saturated heterocycles. The van der Waals surface area contributed by atoms with Crippen LogP contribution in [0.5, 0.6) is 5.75 Å². The second-order valence-electron chi connectivity index (χ2n) is 4.69. The molecule has 0 spiro atoms. The van der Waals surface area contributed by atoms with Crippen LogP contribution >= 0.6 is 0 Å². The summed E-state index contributed by atoms with van der Waals surface area (Å²) in [6.45, 7) is 2.21. The number of nitrogens with zero attached hydrogens (tertiary/aromatic N) is 1. The molecule has 0 aliphatic carbocycles. The first kappa shape index (κ1) is 15.0. The van der Waals surface area contributed by atoms with Gasteiger partial charge in [-0.05, 0) is 48.9 Å². The highest BCUT2D eigenvalue weighted by molar-refractivity contribution is 5.94. The molecule has 0 bridgehead atoms. The smallest absolute Gasteiger partial charge is 0.251 e. The maximum Gasteiger partial charge on any atom is 0.251 e. The zero-order valence-electron chi connectivity index (χ0n) is 11.7. The minimum atomic E-state index is -0.123. The number of phenols is 1. The molecule has 1 heterocycles. The lowest BCUT2D eigenvalue weighted by molar-refractivity contribution is 0.0953. The Morgan fingerprint density at radius 3 is 2.67 bits per heavy atom.